The van der Waals surface area contributed by atoms with Crippen molar-refractivity contribution in [2.75, 3.05) is 13.2 Å². The quantitative estimate of drug-likeness (QED) is 0.798. The lowest BCUT2D eigenvalue weighted by molar-refractivity contribution is -0.0120. The molecule has 0 amide bonds. The van der Waals surface area contributed by atoms with Crippen LogP contribution in [0.1, 0.15) is 31.1 Å². The minimum absolute atomic E-state index is 0.0214. The maximum atomic E-state index is 11.7. The molecule has 0 saturated heterocycles. The van der Waals surface area contributed by atoms with E-state index in [1.54, 1.807) is 19.1 Å². The normalized spacial score (nSPS) is 12.6. The number of aliphatic hydroxyl groups excluding tert-OH is 1. The number of fused-ring (bicyclic) bond motifs is 1. The number of carbonyl (C=O) groups is 1. The van der Waals surface area contributed by atoms with Gasteiger partial charge < -0.3 is 14.6 Å². The van der Waals surface area contributed by atoms with E-state index in [2.05, 4.69) is 0 Å². The number of ketones is 1. The zero-order chi connectivity index (χ0) is 16.1. The number of rotatable bonds is 7. The first kappa shape index (κ1) is 16.5. The van der Waals surface area contributed by atoms with Gasteiger partial charge in [-0.15, -0.1) is 0 Å². The predicted molar refractivity (Wildman–Crippen MR) is 86.5 cm³/mol. The summed E-state index contributed by atoms with van der Waals surface area (Å²) in [4.78, 5) is 11.7. The van der Waals surface area contributed by atoms with Crippen LogP contribution >= 0.6 is 0 Å². The molecule has 0 bridgehead atoms. The Morgan fingerprint density at radius 1 is 1.09 bits per heavy atom. The molecule has 0 aliphatic heterocycles. The maximum Gasteiger partial charge on any atom is 0.160 e. The van der Waals surface area contributed by atoms with Crippen LogP contribution in [0.2, 0.25) is 0 Å². The van der Waals surface area contributed by atoms with Gasteiger partial charge in [-0.05, 0) is 38.3 Å². The summed E-state index contributed by atoms with van der Waals surface area (Å²) in [5.74, 6) is 0.678. The standard InChI is InChI=1S/C18H22O4/c1-12(2)21-10-14(20)11-22-18-9-8-15(13(3)19)16-6-4-5-7-17(16)18/h4-9,12,14,20H,10-11H2,1-3H3. The SMILES string of the molecule is CC(=O)c1ccc(OCC(O)COC(C)C)c2ccccc12. The van der Waals surface area contributed by atoms with E-state index in [9.17, 15) is 9.90 Å². The molecule has 118 valence electrons. The molecule has 0 aliphatic rings. The second kappa shape index (κ2) is 7.38. The van der Waals surface area contributed by atoms with E-state index in [0.29, 0.717) is 11.3 Å². The number of Topliss-reactive ketones (excluding diaryl/α,β-unsaturated/α-hetero) is 1. The van der Waals surface area contributed by atoms with Gasteiger partial charge >= 0.3 is 0 Å². The molecule has 0 spiro atoms. The van der Waals surface area contributed by atoms with Crippen LogP contribution in [0.5, 0.6) is 5.75 Å². The fourth-order valence-corrected chi connectivity index (χ4v) is 2.24. The number of hydrogen-bond donors (Lipinski definition) is 1. The summed E-state index contributed by atoms with van der Waals surface area (Å²) in [6, 6.07) is 11.1. The van der Waals surface area contributed by atoms with E-state index in [1.165, 1.54) is 0 Å². The topological polar surface area (TPSA) is 55.8 Å². The second-order valence-corrected chi connectivity index (χ2v) is 5.56. The Kier molecular flexibility index (Phi) is 5.52. The number of hydrogen-bond acceptors (Lipinski definition) is 4. The molecule has 0 heterocycles. The van der Waals surface area contributed by atoms with Gasteiger partial charge in [-0.3, -0.25) is 4.79 Å². The van der Waals surface area contributed by atoms with Crippen molar-refractivity contribution in [2.45, 2.75) is 33.0 Å². The van der Waals surface area contributed by atoms with E-state index in [-0.39, 0.29) is 25.1 Å². The highest BCUT2D eigenvalue weighted by molar-refractivity contribution is 6.08. The van der Waals surface area contributed by atoms with Gasteiger partial charge in [-0.25, -0.2) is 0 Å². The van der Waals surface area contributed by atoms with E-state index in [1.807, 2.05) is 38.1 Å². The minimum atomic E-state index is -0.686. The van der Waals surface area contributed by atoms with E-state index >= 15 is 0 Å². The predicted octanol–water partition coefficient (Wildman–Crippen LogP) is 3.21. The van der Waals surface area contributed by atoms with Crippen LogP contribution < -0.4 is 4.74 Å². The summed E-state index contributed by atoms with van der Waals surface area (Å²) in [7, 11) is 0. The van der Waals surface area contributed by atoms with Gasteiger partial charge in [0, 0.05) is 10.9 Å². The van der Waals surface area contributed by atoms with Crippen molar-refractivity contribution in [3.63, 3.8) is 0 Å². The Morgan fingerprint density at radius 3 is 2.41 bits per heavy atom. The van der Waals surface area contributed by atoms with Crippen LogP contribution in [0, 0.1) is 0 Å². The van der Waals surface area contributed by atoms with E-state index < -0.39 is 6.10 Å². The molecule has 2 aromatic carbocycles. The largest absolute Gasteiger partial charge is 0.490 e. The highest BCUT2D eigenvalue weighted by atomic mass is 16.5. The van der Waals surface area contributed by atoms with Crippen molar-refractivity contribution < 1.29 is 19.4 Å². The van der Waals surface area contributed by atoms with Crippen LogP contribution in [-0.4, -0.2) is 36.3 Å². The lowest BCUT2D eigenvalue weighted by Crippen LogP contribution is -2.25. The Labute approximate surface area is 130 Å². The molecular formula is C18H22O4. The van der Waals surface area contributed by atoms with Gasteiger partial charge in [0.25, 0.3) is 0 Å². The van der Waals surface area contributed by atoms with Gasteiger partial charge in [0.2, 0.25) is 0 Å². The molecule has 1 N–H and O–H groups in total. The molecule has 2 aromatic rings. The molecule has 0 radical (unpaired) electrons. The molecule has 1 unspecified atom stereocenters. The van der Waals surface area contributed by atoms with Crippen molar-refractivity contribution in [1.29, 1.82) is 0 Å². The van der Waals surface area contributed by atoms with Gasteiger partial charge in [0.15, 0.2) is 5.78 Å². The molecule has 2 rings (SSSR count). The maximum absolute atomic E-state index is 11.7. The number of aliphatic hydroxyl groups is 1. The first-order valence-corrected chi connectivity index (χ1v) is 7.44. The van der Waals surface area contributed by atoms with Crippen molar-refractivity contribution >= 4 is 16.6 Å². The fraction of sp³-hybridized carbons (Fsp3) is 0.389. The Morgan fingerprint density at radius 2 is 1.77 bits per heavy atom. The van der Waals surface area contributed by atoms with E-state index in [4.69, 9.17) is 9.47 Å². The van der Waals surface area contributed by atoms with Gasteiger partial charge in [-0.1, -0.05) is 24.3 Å². The van der Waals surface area contributed by atoms with Gasteiger partial charge in [0.05, 0.1) is 12.7 Å². The zero-order valence-corrected chi connectivity index (χ0v) is 13.2. The minimum Gasteiger partial charge on any atom is -0.490 e. The number of ether oxygens (including phenoxy) is 2. The van der Waals surface area contributed by atoms with Gasteiger partial charge in [-0.2, -0.15) is 0 Å². The molecule has 4 nitrogen and oxygen atoms in total. The fourth-order valence-electron chi connectivity index (χ4n) is 2.24. The highest BCUT2D eigenvalue weighted by Gasteiger charge is 2.12. The molecular weight excluding hydrogens is 280 g/mol. The van der Waals surface area contributed by atoms with Gasteiger partial charge in [0.1, 0.15) is 18.5 Å². The Hall–Kier alpha value is -1.91. The third-order valence-corrected chi connectivity index (χ3v) is 3.32. The molecule has 0 saturated carbocycles. The Bertz CT molecular complexity index is 649. The molecule has 22 heavy (non-hydrogen) atoms. The third kappa shape index (κ3) is 4.06. The van der Waals surface area contributed by atoms with Crippen molar-refractivity contribution in [3.8, 4) is 5.75 Å². The summed E-state index contributed by atoms with van der Waals surface area (Å²) < 4.78 is 11.1. The van der Waals surface area contributed by atoms with Crippen LogP contribution in [0.15, 0.2) is 36.4 Å². The zero-order valence-electron chi connectivity index (χ0n) is 13.2. The first-order chi connectivity index (χ1) is 10.5. The van der Waals surface area contributed by atoms with Crippen molar-refractivity contribution in [3.05, 3.63) is 42.0 Å². The van der Waals surface area contributed by atoms with Crippen molar-refractivity contribution in [1.82, 2.24) is 0 Å². The van der Waals surface area contributed by atoms with Crippen LogP contribution in [0.3, 0.4) is 0 Å². The van der Waals surface area contributed by atoms with Crippen LogP contribution in [0.25, 0.3) is 10.8 Å². The highest BCUT2D eigenvalue weighted by Crippen LogP contribution is 2.29. The average Bonchev–Trinajstić information content (AvgIpc) is 2.50. The number of benzene rings is 2. The summed E-state index contributed by atoms with van der Waals surface area (Å²) in [5, 5.41) is 11.6. The van der Waals surface area contributed by atoms with Crippen LogP contribution in [-0.2, 0) is 4.74 Å². The Balaban J connectivity index is 2.15. The summed E-state index contributed by atoms with van der Waals surface area (Å²) in [6.45, 7) is 5.77. The second-order valence-electron chi connectivity index (χ2n) is 5.56. The van der Waals surface area contributed by atoms with Crippen molar-refractivity contribution in [2.24, 2.45) is 0 Å². The molecule has 0 aromatic heterocycles. The monoisotopic (exact) mass is 302 g/mol. The summed E-state index contributed by atoms with van der Waals surface area (Å²) in [5.41, 5.74) is 0.673. The first-order valence-electron chi connectivity index (χ1n) is 7.44. The van der Waals surface area contributed by atoms with Crippen LogP contribution in [0.4, 0.5) is 0 Å². The molecule has 1 atom stereocenters. The third-order valence-electron chi connectivity index (χ3n) is 3.32. The smallest absolute Gasteiger partial charge is 0.160 e. The lowest BCUT2D eigenvalue weighted by atomic mass is 10.0. The number of carbonyl (C=O) groups excluding carboxylic acids is 1. The molecule has 0 fully saturated rings. The lowest BCUT2D eigenvalue weighted by Gasteiger charge is -2.16. The molecule has 4 heteroatoms. The molecule has 0 aliphatic carbocycles. The van der Waals surface area contributed by atoms with E-state index in [0.717, 1.165) is 10.8 Å². The summed E-state index contributed by atoms with van der Waals surface area (Å²) >= 11 is 0. The average molecular weight is 302 g/mol. The summed E-state index contributed by atoms with van der Waals surface area (Å²) in [6.07, 6.45) is -0.612.